The topological polar surface area (TPSA) is 108 Å². The number of esters is 1. The summed E-state index contributed by atoms with van der Waals surface area (Å²) in [5.41, 5.74) is 0.283. The number of ether oxygens (including phenoxy) is 3. The van der Waals surface area contributed by atoms with Gasteiger partial charge in [0.15, 0.2) is 27.9 Å². The lowest BCUT2D eigenvalue weighted by Gasteiger charge is -2.24. The molecule has 1 atom stereocenters. The van der Waals surface area contributed by atoms with Crippen molar-refractivity contribution in [2.75, 3.05) is 24.8 Å². The van der Waals surface area contributed by atoms with Crippen LogP contribution in [0.5, 0.6) is 11.5 Å². The first-order valence-electron chi connectivity index (χ1n) is 7.98. The highest BCUT2D eigenvalue weighted by atomic mass is 32.2. The van der Waals surface area contributed by atoms with Crippen LogP contribution in [0.1, 0.15) is 0 Å². The second kappa shape index (κ2) is 7.67. The first kappa shape index (κ1) is 18.7. The van der Waals surface area contributed by atoms with Crippen molar-refractivity contribution in [1.82, 2.24) is 0 Å². The number of benzene rings is 2. The van der Waals surface area contributed by atoms with Crippen LogP contribution in [0.2, 0.25) is 0 Å². The zero-order valence-electron chi connectivity index (χ0n) is 14.4. The number of hydrogen-bond donors (Lipinski definition) is 1. The first-order valence-corrected chi connectivity index (χ1v) is 9.87. The van der Waals surface area contributed by atoms with Gasteiger partial charge in [0, 0.05) is 11.9 Å². The maximum atomic E-state index is 12.1. The summed E-state index contributed by atoms with van der Waals surface area (Å²) >= 11 is 0. The molecular weight excluding hydrogens is 374 g/mol. The van der Waals surface area contributed by atoms with E-state index < -0.39 is 34.4 Å². The van der Waals surface area contributed by atoms with Gasteiger partial charge in [0.25, 0.3) is 5.91 Å². The van der Waals surface area contributed by atoms with Gasteiger partial charge in [-0.2, -0.15) is 0 Å². The van der Waals surface area contributed by atoms with Crippen molar-refractivity contribution in [3.63, 3.8) is 0 Å². The Kier molecular flexibility index (Phi) is 5.31. The number of rotatable bonds is 5. The number of fused-ring (bicyclic) bond motifs is 1. The average molecular weight is 391 g/mol. The summed E-state index contributed by atoms with van der Waals surface area (Å²) in [6.45, 7) is -0.558. The fourth-order valence-corrected chi connectivity index (χ4v) is 3.03. The smallest absolute Gasteiger partial charge is 0.351 e. The molecule has 0 aromatic heterocycles. The van der Waals surface area contributed by atoms with E-state index in [0.717, 1.165) is 6.26 Å². The number of para-hydroxylation sites is 2. The summed E-state index contributed by atoms with van der Waals surface area (Å²) in [6.07, 6.45) is 0.0985. The van der Waals surface area contributed by atoms with Crippen LogP contribution in [0.4, 0.5) is 5.69 Å². The third-order valence-electron chi connectivity index (χ3n) is 3.66. The van der Waals surface area contributed by atoms with Gasteiger partial charge >= 0.3 is 5.97 Å². The highest BCUT2D eigenvalue weighted by molar-refractivity contribution is 7.90. The summed E-state index contributed by atoms with van der Waals surface area (Å²) in [6, 6.07) is 12.7. The van der Waals surface area contributed by atoms with Gasteiger partial charge in [-0.3, -0.25) is 4.79 Å². The normalized spacial score (nSPS) is 15.7. The molecule has 3 rings (SSSR count). The summed E-state index contributed by atoms with van der Waals surface area (Å²) in [5, 5.41) is 2.48. The minimum Gasteiger partial charge on any atom is -0.485 e. The first-order chi connectivity index (χ1) is 12.8. The van der Waals surface area contributed by atoms with E-state index >= 15 is 0 Å². The molecule has 9 heteroatoms. The Balaban J connectivity index is 1.53. The Morgan fingerprint density at radius 3 is 2.63 bits per heavy atom. The van der Waals surface area contributed by atoms with E-state index in [-0.39, 0.29) is 17.2 Å². The van der Waals surface area contributed by atoms with Gasteiger partial charge in [-0.15, -0.1) is 0 Å². The van der Waals surface area contributed by atoms with E-state index in [1.54, 1.807) is 24.3 Å². The standard InChI is InChI=1S/C18H17NO7S/c1-27(22,23)13-6-4-5-12(9-13)19-17(20)11-25-18(21)16-10-24-14-7-2-3-8-15(14)26-16/h2-9,16H,10-11H2,1H3,(H,19,20)/t16-/m1/s1. The van der Waals surface area contributed by atoms with Gasteiger partial charge in [0.2, 0.25) is 6.10 Å². The fraction of sp³-hybridized carbons (Fsp3) is 0.222. The van der Waals surface area contributed by atoms with Crippen molar-refractivity contribution in [3.05, 3.63) is 48.5 Å². The molecule has 1 N–H and O–H groups in total. The van der Waals surface area contributed by atoms with Crippen LogP contribution in [0.15, 0.2) is 53.4 Å². The summed E-state index contributed by atoms with van der Waals surface area (Å²) in [7, 11) is -3.39. The monoisotopic (exact) mass is 391 g/mol. The minimum absolute atomic E-state index is 0.0200. The Morgan fingerprint density at radius 2 is 1.89 bits per heavy atom. The molecule has 1 aliphatic heterocycles. The van der Waals surface area contributed by atoms with E-state index in [9.17, 15) is 18.0 Å². The fourth-order valence-electron chi connectivity index (χ4n) is 2.37. The summed E-state index contributed by atoms with van der Waals surface area (Å²) < 4.78 is 39.0. The van der Waals surface area contributed by atoms with Crippen molar-refractivity contribution < 1.29 is 32.2 Å². The van der Waals surface area contributed by atoms with E-state index in [1.165, 1.54) is 24.3 Å². The molecule has 1 amide bonds. The van der Waals surface area contributed by atoms with E-state index in [4.69, 9.17) is 14.2 Å². The van der Waals surface area contributed by atoms with Crippen LogP contribution in [0, 0.1) is 0 Å². The molecule has 2 aromatic rings. The van der Waals surface area contributed by atoms with Crippen LogP contribution in [0.25, 0.3) is 0 Å². The number of nitrogens with one attached hydrogen (secondary N) is 1. The zero-order chi connectivity index (χ0) is 19.4. The maximum Gasteiger partial charge on any atom is 0.351 e. The van der Waals surface area contributed by atoms with Crippen molar-refractivity contribution in [2.45, 2.75) is 11.0 Å². The van der Waals surface area contributed by atoms with Crippen molar-refractivity contribution in [3.8, 4) is 11.5 Å². The van der Waals surface area contributed by atoms with Crippen molar-refractivity contribution in [1.29, 1.82) is 0 Å². The van der Waals surface area contributed by atoms with Gasteiger partial charge in [0.1, 0.15) is 6.61 Å². The number of amides is 1. The van der Waals surface area contributed by atoms with Crippen LogP contribution < -0.4 is 14.8 Å². The van der Waals surface area contributed by atoms with Gasteiger partial charge in [-0.25, -0.2) is 13.2 Å². The molecule has 2 aromatic carbocycles. The highest BCUT2D eigenvalue weighted by Crippen LogP contribution is 2.31. The predicted octanol–water partition coefficient (Wildman–Crippen LogP) is 1.41. The second-order valence-corrected chi connectivity index (χ2v) is 7.84. The maximum absolute atomic E-state index is 12.1. The lowest BCUT2D eigenvalue weighted by atomic mass is 10.2. The number of hydrogen-bond acceptors (Lipinski definition) is 7. The number of carbonyl (C=O) groups is 2. The van der Waals surface area contributed by atoms with Crippen LogP contribution >= 0.6 is 0 Å². The zero-order valence-corrected chi connectivity index (χ0v) is 15.2. The third-order valence-corrected chi connectivity index (χ3v) is 4.77. The van der Waals surface area contributed by atoms with Crippen molar-refractivity contribution in [2.24, 2.45) is 0 Å². The lowest BCUT2D eigenvalue weighted by molar-refractivity contribution is -0.156. The largest absolute Gasteiger partial charge is 0.485 e. The molecule has 0 unspecified atom stereocenters. The molecule has 0 aliphatic carbocycles. The van der Waals surface area contributed by atoms with E-state index in [0.29, 0.717) is 11.5 Å². The van der Waals surface area contributed by atoms with Crippen molar-refractivity contribution >= 4 is 27.4 Å². The molecule has 8 nitrogen and oxygen atoms in total. The predicted molar refractivity (Wildman–Crippen MR) is 95.5 cm³/mol. The highest BCUT2D eigenvalue weighted by Gasteiger charge is 2.29. The van der Waals surface area contributed by atoms with Crippen LogP contribution in [-0.2, 0) is 24.2 Å². The van der Waals surface area contributed by atoms with Crippen LogP contribution in [0.3, 0.4) is 0 Å². The second-order valence-electron chi connectivity index (χ2n) is 5.82. The Bertz CT molecular complexity index is 971. The number of anilines is 1. The quantitative estimate of drug-likeness (QED) is 0.768. The third kappa shape index (κ3) is 4.76. The average Bonchev–Trinajstić information content (AvgIpc) is 2.65. The SMILES string of the molecule is CS(=O)(=O)c1cccc(NC(=O)COC(=O)[C@H]2COc3ccccc3O2)c1. The van der Waals surface area contributed by atoms with Gasteiger partial charge in [0.05, 0.1) is 4.90 Å². The molecule has 142 valence electrons. The van der Waals surface area contributed by atoms with E-state index in [1.807, 2.05) is 0 Å². The molecule has 0 saturated heterocycles. The molecular formula is C18H17NO7S. The number of sulfone groups is 1. The van der Waals surface area contributed by atoms with Gasteiger partial charge in [-0.05, 0) is 30.3 Å². The summed E-state index contributed by atoms with van der Waals surface area (Å²) in [4.78, 5) is 24.1. The Labute approximate surface area is 156 Å². The molecule has 0 bridgehead atoms. The molecule has 0 radical (unpaired) electrons. The minimum atomic E-state index is -3.39. The van der Waals surface area contributed by atoms with Gasteiger partial charge in [-0.1, -0.05) is 18.2 Å². The molecule has 0 fully saturated rings. The molecule has 0 spiro atoms. The lowest BCUT2D eigenvalue weighted by Crippen LogP contribution is -2.39. The molecule has 1 aliphatic rings. The van der Waals surface area contributed by atoms with Gasteiger partial charge < -0.3 is 19.5 Å². The Morgan fingerprint density at radius 1 is 1.15 bits per heavy atom. The molecule has 1 heterocycles. The summed E-state index contributed by atoms with van der Waals surface area (Å²) in [5.74, 6) is -0.381. The van der Waals surface area contributed by atoms with E-state index in [2.05, 4.69) is 5.32 Å². The molecule has 27 heavy (non-hydrogen) atoms. The molecule has 0 saturated carbocycles. The Hall–Kier alpha value is -3.07. The number of carbonyl (C=O) groups excluding carboxylic acids is 2. The van der Waals surface area contributed by atoms with Crippen LogP contribution in [-0.4, -0.2) is 45.9 Å².